The molecule has 0 aliphatic heterocycles. The van der Waals surface area contributed by atoms with Gasteiger partial charge in [0.25, 0.3) is 5.91 Å². The standard InChI is InChI=1S/C20H25N3O3.C2H6/c1-3-5-18(14-21-12-4-2)13-20(25)22-15-17-8-6-16(7-9-17)10-11-19(24)23-26;1-2/h3-12,14,21,26H,13,15H2,1-2H3,(H,22,25)(H,23,24);1-2H3/b5-3+,11-10+,12-4+,18-14+;. The van der Waals surface area contributed by atoms with Gasteiger partial charge in [0.15, 0.2) is 0 Å². The minimum absolute atomic E-state index is 0.0692. The maximum Gasteiger partial charge on any atom is 0.267 e. The molecular weight excluding hydrogens is 354 g/mol. The lowest BCUT2D eigenvalue weighted by Crippen LogP contribution is -2.23. The summed E-state index contributed by atoms with van der Waals surface area (Å²) in [6.07, 6.45) is 12.3. The zero-order chi connectivity index (χ0) is 21.2. The van der Waals surface area contributed by atoms with Gasteiger partial charge in [-0.25, -0.2) is 5.48 Å². The molecule has 0 spiro atoms. The molecule has 1 rings (SSSR count). The van der Waals surface area contributed by atoms with E-state index in [0.29, 0.717) is 6.54 Å². The van der Waals surface area contributed by atoms with Crippen molar-refractivity contribution in [3.63, 3.8) is 0 Å². The molecule has 1 aromatic rings. The third-order valence-corrected chi connectivity index (χ3v) is 3.28. The maximum atomic E-state index is 12.1. The highest BCUT2D eigenvalue weighted by Crippen LogP contribution is 2.07. The van der Waals surface area contributed by atoms with E-state index < -0.39 is 5.91 Å². The minimum Gasteiger partial charge on any atom is -0.368 e. The third kappa shape index (κ3) is 11.5. The molecular formula is C22H31N3O3. The summed E-state index contributed by atoms with van der Waals surface area (Å²) < 4.78 is 0. The fourth-order valence-electron chi connectivity index (χ4n) is 2.03. The molecule has 0 saturated heterocycles. The van der Waals surface area contributed by atoms with Crippen LogP contribution in [0.15, 0.2) is 66.5 Å². The molecule has 6 nitrogen and oxygen atoms in total. The van der Waals surface area contributed by atoms with Crippen molar-refractivity contribution in [3.8, 4) is 0 Å². The van der Waals surface area contributed by atoms with Crippen molar-refractivity contribution in [2.45, 2.75) is 40.7 Å². The van der Waals surface area contributed by atoms with E-state index in [1.807, 2.05) is 70.2 Å². The molecule has 0 aliphatic carbocycles. The van der Waals surface area contributed by atoms with Crippen LogP contribution >= 0.6 is 0 Å². The van der Waals surface area contributed by atoms with Crippen LogP contribution in [0.3, 0.4) is 0 Å². The van der Waals surface area contributed by atoms with Crippen molar-refractivity contribution in [1.29, 1.82) is 0 Å². The van der Waals surface area contributed by atoms with Gasteiger partial charge in [-0.15, -0.1) is 0 Å². The molecule has 0 atom stereocenters. The Hall–Kier alpha value is -3.12. The van der Waals surface area contributed by atoms with Gasteiger partial charge in [-0.05, 0) is 42.8 Å². The molecule has 0 saturated carbocycles. The molecule has 2 amide bonds. The highest BCUT2D eigenvalue weighted by Gasteiger charge is 2.04. The highest BCUT2D eigenvalue weighted by molar-refractivity contribution is 5.90. The lowest BCUT2D eigenvalue weighted by atomic mass is 10.1. The first-order chi connectivity index (χ1) is 13.6. The first-order valence-corrected chi connectivity index (χ1v) is 9.25. The minimum atomic E-state index is -0.588. The van der Waals surface area contributed by atoms with Gasteiger partial charge >= 0.3 is 0 Å². The zero-order valence-corrected chi connectivity index (χ0v) is 17.0. The van der Waals surface area contributed by atoms with E-state index in [4.69, 9.17) is 5.21 Å². The van der Waals surface area contributed by atoms with E-state index in [9.17, 15) is 9.59 Å². The van der Waals surface area contributed by atoms with Gasteiger partial charge in [0.1, 0.15) is 0 Å². The number of nitrogens with one attached hydrogen (secondary N) is 3. The maximum absolute atomic E-state index is 12.1. The van der Waals surface area contributed by atoms with Crippen LogP contribution < -0.4 is 16.1 Å². The van der Waals surface area contributed by atoms with Crippen molar-refractivity contribution >= 4 is 17.9 Å². The topological polar surface area (TPSA) is 90.5 Å². The Balaban J connectivity index is 0.00000352. The van der Waals surface area contributed by atoms with Gasteiger partial charge in [-0.3, -0.25) is 14.8 Å². The van der Waals surface area contributed by atoms with Gasteiger partial charge in [-0.1, -0.05) is 56.3 Å². The predicted molar refractivity (Wildman–Crippen MR) is 114 cm³/mol. The highest BCUT2D eigenvalue weighted by atomic mass is 16.5. The Kier molecular flexibility index (Phi) is 14.3. The van der Waals surface area contributed by atoms with Crippen LogP contribution in [0.1, 0.15) is 45.2 Å². The fraction of sp³-hybridized carbons (Fsp3) is 0.273. The molecule has 6 heteroatoms. The van der Waals surface area contributed by atoms with E-state index >= 15 is 0 Å². The van der Waals surface area contributed by atoms with E-state index in [-0.39, 0.29) is 12.3 Å². The first-order valence-electron chi connectivity index (χ1n) is 9.25. The number of benzene rings is 1. The molecule has 0 radical (unpaired) electrons. The summed E-state index contributed by atoms with van der Waals surface area (Å²) in [5, 5.41) is 14.3. The molecule has 28 heavy (non-hydrogen) atoms. The number of hydrogen-bond acceptors (Lipinski definition) is 4. The first kappa shape index (κ1) is 24.9. The average Bonchev–Trinajstić information content (AvgIpc) is 2.73. The number of hydroxylamine groups is 1. The molecule has 0 fully saturated rings. The van der Waals surface area contributed by atoms with E-state index in [1.165, 1.54) is 11.6 Å². The number of carbonyl (C=O) groups excluding carboxylic acids is 2. The van der Waals surface area contributed by atoms with Gasteiger partial charge in [-0.2, -0.15) is 0 Å². The Bertz CT molecular complexity index is 702. The Morgan fingerprint density at radius 2 is 1.71 bits per heavy atom. The monoisotopic (exact) mass is 385 g/mol. The molecule has 0 aliphatic rings. The lowest BCUT2D eigenvalue weighted by molar-refractivity contribution is -0.124. The number of carbonyl (C=O) groups is 2. The number of amides is 2. The van der Waals surface area contributed by atoms with Crippen molar-refractivity contribution in [2.24, 2.45) is 0 Å². The van der Waals surface area contributed by atoms with Crippen LogP contribution in [0, 0.1) is 0 Å². The van der Waals surface area contributed by atoms with Crippen LogP contribution in [-0.4, -0.2) is 17.0 Å². The summed E-state index contributed by atoms with van der Waals surface area (Å²) in [5.41, 5.74) is 4.18. The summed E-state index contributed by atoms with van der Waals surface area (Å²) in [5.74, 6) is -0.657. The second-order valence-electron chi connectivity index (χ2n) is 5.39. The normalized spacial score (nSPS) is 11.4. The fourth-order valence-corrected chi connectivity index (χ4v) is 2.03. The lowest BCUT2D eigenvalue weighted by Gasteiger charge is -2.07. The van der Waals surface area contributed by atoms with Gasteiger partial charge in [0.2, 0.25) is 5.91 Å². The van der Waals surface area contributed by atoms with E-state index in [0.717, 1.165) is 16.7 Å². The van der Waals surface area contributed by atoms with Crippen molar-refractivity contribution in [1.82, 2.24) is 16.1 Å². The SMILES string of the molecule is C/C=C/N/C=C(\C=C\C)CC(=O)NCc1ccc(/C=C/C(=O)NO)cc1.CC. The summed E-state index contributed by atoms with van der Waals surface area (Å²) in [6, 6.07) is 7.39. The van der Waals surface area contributed by atoms with Crippen LogP contribution in [0.5, 0.6) is 0 Å². The largest absolute Gasteiger partial charge is 0.368 e. The van der Waals surface area contributed by atoms with Crippen LogP contribution in [-0.2, 0) is 16.1 Å². The van der Waals surface area contributed by atoms with Gasteiger partial charge < -0.3 is 10.6 Å². The molecule has 0 unspecified atom stereocenters. The summed E-state index contributed by atoms with van der Waals surface area (Å²) in [4.78, 5) is 23.0. The predicted octanol–water partition coefficient (Wildman–Crippen LogP) is 3.82. The van der Waals surface area contributed by atoms with Crippen molar-refractivity contribution < 1.29 is 14.8 Å². The Morgan fingerprint density at radius 3 is 2.29 bits per heavy atom. The summed E-state index contributed by atoms with van der Waals surface area (Å²) in [7, 11) is 0. The van der Waals surface area contributed by atoms with Crippen LogP contribution in [0.2, 0.25) is 0 Å². The second-order valence-corrected chi connectivity index (χ2v) is 5.39. The number of rotatable bonds is 9. The quantitative estimate of drug-likeness (QED) is 0.225. The van der Waals surface area contributed by atoms with Crippen molar-refractivity contribution in [2.75, 3.05) is 0 Å². The van der Waals surface area contributed by atoms with Gasteiger partial charge in [0, 0.05) is 18.8 Å². The summed E-state index contributed by atoms with van der Waals surface area (Å²) >= 11 is 0. The molecule has 0 heterocycles. The Morgan fingerprint density at radius 1 is 1.04 bits per heavy atom. The molecule has 4 N–H and O–H groups in total. The van der Waals surface area contributed by atoms with Crippen LogP contribution in [0.25, 0.3) is 6.08 Å². The second kappa shape index (κ2) is 16.1. The van der Waals surface area contributed by atoms with E-state index in [2.05, 4.69) is 10.6 Å². The Labute approximate surface area is 167 Å². The average molecular weight is 386 g/mol. The van der Waals surface area contributed by atoms with Gasteiger partial charge in [0.05, 0.1) is 6.42 Å². The van der Waals surface area contributed by atoms with E-state index in [1.54, 1.807) is 18.5 Å². The summed E-state index contributed by atoms with van der Waals surface area (Å²) in [6.45, 7) is 8.23. The van der Waals surface area contributed by atoms with Crippen molar-refractivity contribution in [3.05, 3.63) is 77.7 Å². The van der Waals surface area contributed by atoms with Crippen LogP contribution in [0.4, 0.5) is 0 Å². The smallest absolute Gasteiger partial charge is 0.267 e. The molecule has 0 bridgehead atoms. The molecule has 0 aromatic heterocycles. The molecule has 152 valence electrons. The number of allylic oxidation sites excluding steroid dienone is 3. The zero-order valence-electron chi connectivity index (χ0n) is 17.0. The molecule has 1 aromatic carbocycles. The number of hydrogen-bond donors (Lipinski definition) is 4. The third-order valence-electron chi connectivity index (χ3n) is 3.28.